The van der Waals surface area contributed by atoms with Crippen molar-refractivity contribution in [2.45, 2.75) is 33.2 Å². The van der Waals surface area contributed by atoms with Crippen LogP contribution in [0.5, 0.6) is 0 Å². The Labute approximate surface area is 195 Å². The van der Waals surface area contributed by atoms with Gasteiger partial charge in [-0.1, -0.05) is 32.0 Å². The third-order valence-electron chi connectivity index (χ3n) is 5.09. The molecule has 0 saturated carbocycles. The van der Waals surface area contributed by atoms with Crippen molar-refractivity contribution in [3.63, 3.8) is 0 Å². The first-order chi connectivity index (χ1) is 15.7. The Morgan fingerprint density at radius 3 is 2.48 bits per heavy atom. The van der Waals surface area contributed by atoms with Gasteiger partial charge in [0.15, 0.2) is 11.7 Å². The van der Waals surface area contributed by atoms with Gasteiger partial charge in [0, 0.05) is 12.2 Å². The van der Waals surface area contributed by atoms with Gasteiger partial charge in [-0.2, -0.15) is 4.37 Å². The number of amides is 3. The molecule has 0 aliphatic heterocycles. The van der Waals surface area contributed by atoms with E-state index in [4.69, 9.17) is 15.9 Å². The molecule has 1 aromatic carbocycles. The van der Waals surface area contributed by atoms with Crippen LogP contribution in [-0.2, 0) is 4.79 Å². The molecule has 33 heavy (non-hydrogen) atoms. The number of carbonyl (C=O) groups excluding carboxylic acids is 3. The predicted octanol–water partition coefficient (Wildman–Crippen LogP) is 3.28. The molecule has 174 valence electrons. The van der Waals surface area contributed by atoms with E-state index in [0.29, 0.717) is 18.2 Å². The van der Waals surface area contributed by atoms with Crippen LogP contribution in [0.2, 0.25) is 0 Å². The maximum Gasteiger partial charge on any atom is 0.273 e. The van der Waals surface area contributed by atoms with Crippen LogP contribution in [0.25, 0.3) is 0 Å². The monoisotopic (exact) mass is 469 g/mol. The van der Waals surface area contributed by atoms with Crippen molar-refractivity contribution in [3.05, 3.63) is 64.6 Å². The number of rotatable bonds is 9. The molecule has 10 heteroatoms. The van der Waals surface area contributed by atoms with Crippen LogP contribution >= 0.6 is 11.5 Å². The minimum atomic E-state index is -1.11. The Hall–Kier alpha value is -3.66. The summed E-state index contributed by atoms with van der Waals surface area (Å²) < 4.78 is 9.52. The zero-order chi connectivity index (χ0) is 24.1. The summed E-state index contributed by atoms with van der Waals surface area (Å²) in [6, 6.07) is 9.33. The lowest BCUT2D eigenvalue weighted by atomic mass is 10.1. The maximum atomic E-state index is 13.8. The summed E-state index contributed by atoms with van der Waals surface area (Å²) in [7, 11) is 0. The smallest absolute Gasteiger partial charge is 0.273 e. The van der Waals surface area contributed by atoms with E-state index in [1.807, 2.05) is 19.1 Å². The SMILES string of the molecule is Cc1ccccc1N(C(=O)c1snc(C(N)=O)c1N)C(C(=O)NCCC(C)C)c1ccco1. The molecule has 0 aliphatic rings. The Morgan fingerprint density at radius 1 is 1.18 bits per heavy atom. The average Bonchev–Trinajstić information content (AvgIpc) is 3.41. The number of nitrogens with zero attached hydrogens (tertiary/aromatic N) is 2. The molecule has 0 spiro atoms. The molecular formula is C23H27N5O4S. The highest BCUT2D eigenvalue weighted by molar-refractivity contribution is 7.09. The quantitative estimate of drug-likeness (QED) is 0.439. The molecule has 1 unspecified atom stereocenters. The van der Waals surface area contributed by atoms with E-state index in [2.05, 4.69) is 23.5 Å². The van der Waals surface area contributed by atoms with Crippen molar-refractivity contribution in [1.82, 2.24) is 9.69 Å². The van der Waals surface area contributed by atoms with Crippen LogP contribution in [0.15, 0.2) is 47.1 Å². The Kier molecular flexibility index (Phi) is 7.49. The van der Waals surface area contributed by atoms with Crippen LogP contribution in [0, 0.1) is 12.8 Å². The molecule has 0 saturated heterocycles. The Bertz CT molecular complexity index is 1140. The van der Waals surface area contributed by atoms with Gasteiger partial charge in [-0.05, 0) is 54.6 Å². The number of benzene rings is 1. The summed E-state index contributed by atoms with van der Waals surface area (Å²) in [6.07, 6.45) is 2.22. The molecule has 0 aliphatic carbocycles. The van der Waals surface area contributed by atoms with Gasteiger partial charge in [0.2, 0.25) is 0 Å². The zero-order valence-electron chi connectivity index (χ0n) is 18.7. The number of para-hydroxylation sites is 1. The minimum Gasteiger partial charge on any atom is -0.467 e. The van der Waals surface area contributed by atoms with Crippen molar-refractivity contribution in [2.24, 2.45) is 11.7 Å². The second-order valence-electron chi connectivity index (χ2n) is 7.99. The molecule has 5 N–H and O–H groups in total. The van der Waals surface area contributed by atoms with E-state index >= 15 is 0 Å². The standard InChI is InChI=1S/C23H27N5O4S/c1-13(2)10-11-26-22(30)19(16-9-6-12-32-16)28(15-8-5-4-7-14(15)3)23(31)20-17(24)18(21(25)29)27-33-20/h4-9,12-13,19H,10-11,24H2,1-3H3,(H2,25,29)(H,26,30). The molecule has 9 nitrogen and oxygen atoms in total. The van der Waals surface area contributed by atoms with Crippen molar-refractivity contribution in [1.29, 1.82) is 0 Å². The summed E-state index contributed by atoms with van der Waals surface area (Å²) in [5.74, 6) is -1.15. The molecule has 1 atom stereocenters. The van der Waals surface area contributed by atoms with Gasteiger partial charge in [0.1, 0.15) is 10.6 Å². The van der Waals surface area contributed by atoms with E-state index in [-0.39, 0.29) is 22.0 Å². The molecule has 0 radical (unpaired) electrons. The molecular weight excluding hydrogens is 442 g/mol. The van der Waals surface area contributed by atoms with Gasteiger partial charge in [0.05, 0.1) is 12.0 Å². The predicted molar refractivity (Wildman–Crippen MR) is 127 cm³/mol. The first kappa shape index (κ1) is 24.0. The van der Waals surface area contributed by atoms with Gasteiger partial charge in [-0.3, -0.25) is 19.3 Å². The number of nitrogen functional groups attached to an aromatic ring is 1. The molecule has 3 aromatic rings. The van der Waals surface area contributed by atoms with E-state index in [1.54, 1.807) is 24.3 Å². The fourth-order valence-corrected chi connectivity index (χ4v) is 4.08. The number of nitrogens with one attached hydrogen (secondary N) is 1. The van der Waals surface area contributed by atoms with Crippen molar-refractivity contribution < 1.29 is 18.8 Å². The van der Waals surface area contributed by atoms with Crippen LogP contribution in [-0.4, -0.2) is 28.6 Å². The largest absolute Gasteiger partial charge is 0.467 e. The number of aryl methyl sites for hydroxylation is 1. The van der Waals surface area contributed by atoms with Crippen LogP contribution in [0.3, 0.4) is 0 Å². The molecule has 3 rings (SSSR count). The number of hydrogen-bond donors (Lipinski definition) is 3. The first-order valence-corrected chi connectivity index (χ1v) is 11.2. The lowest BCUT2D eigenvalue weighted by molar-refractivity contribution is -0.122. The second-order valence-corrected chi connectivity index (χ2v) is 8.76. The highest BCUT2D eigenvalue weighted by Gasteiger charge is 2.38. The summed E-state index contributed by atoms with van der Waals surface area (Å²) in [6.45, 7) is 6.39. The van der Waals surface area contributed by atoms with Crippen molar-refractivity contribution in [2.75, 3.05) is 17.2 Å². The third-order valence-corrected chi connectivity index (χ3v) is 5.94. The molecule has 3 amide bonds. The van der Waals surface area contributed by atoms with Gasteiger partial charge in [0.25, 0.3) is 17.7 Å². The molecule has 0 fully saturated rings. The third kappa shape index (κ3) is 5.23. The summed E-state index contributed by atoms with van der Waals surface area (Å²) in [4.78, 5) is 40.2. The van der Waals surface area contributed by atoms with Gasteiger partial charge in [-0.15, -0.1) is 0 Å². The second kappa shape index (κ2) is 10.3. The number of aromatic nitrogens is 1. The minimum absolute atomic E-state index is 0.0126. The van der Waals surface area contributed by atoms with Gasteiger partial charge < -0.3 is 21.2 Å². The number of hydrogen-bond acceptors (Lipinski definition) is 7. The van der Waals surface area contributed by atoms with Crippen LogP contribution in [0.4, 0.5) is 11.4 Å². The summed E-state index contributed by atoms with van der Waals surface area (Å²) in [5.41, 5.74) is 12.3. The molecule has 2 aromatic heterocycles. The van der Waals surface area contributed by atoms with Gasteiger partial charge >= 0.3 is 0 Å². The van der Waals surface area contributed by atoms with E-state index in [0.717, 1.165) is 23.5 Å². The normalized spacial score (nSPS) is 11.9. The lowest BCUT2D eigenvalue weighted by Gasteiger charge is -2.30. The number of nitrogens with two attached hydrogens (primary N) is 2. The van der Waals surface area contributed by atoms with Gasteiger partial charge in [-0.25, -0.2) is 0 Å². The Morgan fingerprint density at radius 2 is 1.91 bits per heavy atom. The Balaban J connectivity index is 2.12. The summed E-state index contributed by atoms with van der Waals surface area (Å²) in [5, 5.41) is 2.91. The highest BCUT2D eigenvalue weighted by atomic mass is 32.1. The van der Waals surface area contributed by atoms with E-state index < -0.39 is 23.8 Å². The van der Waals surface area contributed by atoms with E-state index in [1.165, 1.54) is 11.2 Å². The fraction of sp³-hybridized carbons (Fsp3) is 0.304. The topological polar surface area (TPSA) is 145 Å². The van der Waals surface area contributed by atoms with Crippen LogP contribution in [0.1, 0.15) is 57.8 Å². The highest BCUT2D eigenvalue weighted by Crippen LogP contribution is 2.34. The fourth-order valence-electron chi connectivity index (χ4n) is 3.34. The molecule has 2 heterocycles. The lowest BCUT2D eigenvalue weighted by Crippen LogP contribution is -2.44. The summed E-state index contributed by atoms with van der Waals surface area (Å²) >= 11 is 0.760. The van der Waals surface area contributed by atoms with E-state index in [9.17, 15) is 14.4 Å². The molecule has 0 bridgehead atoms. The number of carbonyl (C=O) groups is 3. The first-order valence-electron chi connectivity index (χ1n) is 10.5. The maximum absolute atomic E-state index is 13.8. The average molecular weight is 470 g/mol. The zero-order valence-corrected chi connectivity index (χ0v) is 19.5. The number of furan rings is 1. The van der Waals surface area contributed by atoms with Crippen LogP contribution < -0.4 is 21.7 Å². The van der Waals surface area contributed by atoms with Crippen molar-refractivity contribution >= 4 is 40.6 Å². The van der Waals surface area contributed by atoms with Crippen molar-refractivity contribution in [3.8, 4) is 0 Å². The number of primary amides is 1. The number of anilines is 2.